The largest absolute Gasteiger partial charge is 0.497 e. The average Bonchev–Trinajstić information content (AvgIpc) is 3.78. The minimum absolute atomic E-state index is 0.0451. The second-order valence-corrected chi connectivity index (χ2v) is 13.5. The summed E-state index contributed by atoms with van der Waals surface area (Å²) in [5.74, 6) is 5.13. The molecule has 10 nitrogen and oxygen atoms in total. The van der Waals surface area contributed by atoms with Gasteiger partial charge in [0.15, 0.2) is 5.82 Å². The second kappa shape index (κ2) is 13.3. The first kappa shape index (κ1) is 31.0. The molecule has 1 fully saturated rings. The van der Waals surface area contributed by atoms with Crippen LogP contribution in [0.3, 0.4) is 0 Å². The number of fused-ring (bicyclic) bond motifs is 2. The van der Waals surface area contributed by atoms with Crippen molar-refractivity contribution >= 4 is 40.1 Å². The number of hydrogen-bond donors (Lipinski definition) is 1. The zero-order valence-corrected chi connectivity index (χ0v) is 28.7. The Balaban J connectivity index is 1.07. The van der Waals surface area contributed by atoms with Gasteiger partial charge in [0.25, 0.3) is 0 Å². The van der Waals surface area contributed by atoms with E-state index in [1.165, 1.54) is 22.3 Å². The molecule has 1 atom stereocenters. The number of benzene rings is 2. The Bertz CT molecular complexity index is 2150. The molecule has 2 aliphatic heterocycles. The van der Waals surface area contributed by atoms with Crippen molar-refractivity contribution in [3.8, 4) is 11.5 Å². The minimum atomic E-state index is 0.0451. The second-order valence-electron chi connectivity index (χ2n) is 12.4. The van der Waals surface area contributed by atoms with Gasteiger partial charge in [-0.1, -0.05) is 12.1 Å². The third-order valence-electron chi connectivity index (χ3n) is 9.31. The van der Waals surface area contributed by atoms with Gasteiger partial charge in [-0.2, -0.15) is 5.10 Å². The Morgan fingerprint density at radius 1 is 0.959 bits per heavy atom. The monoisotopic (exact) mass is 670 g/mol. The molecule has 0 saturated carbocycles. The Kier molecular flexibility index (Phi) is 8.42. The van der Waals surface area contributed by atoms with E-state index in [0.29, 0.717) is 13.1 Å². The Morgan fingerprint density at radius 3 is 2.65 bits per heavy atom. The lowest BCUT2D eigenvalue weighted by Gasteiger charge is -2.34. The molecule has 0 aliphatic carbocycles. The average molecular weight is 671 g/mol. The van der Waals surface area contributed by atoms with Gasteiger partial charge in [-0.05, 0) is 60.0 Å². The molecule has 11 heteroatoms. The summed E-state index contributed by atoms with van der Waals surface area (Å²) in [6.07, 6.45) is 9.17. The number of H-pyrrole nitrogens is 1. The van der Waals surface area contributed by atoms with Crippen LogP contribution in [0.5, 0.6) is 11.5 Å². The van der Waals surface area contributed by atoms with Crippen molar-refractivity contribution in [3.05, 3.63) is 119 Å². The van der Waals surface area contributed by atoms with Crippen LogP contribution in [-0.2, 0) is 19.3 Å². The number of amidine groups is 1. The molecule has 8 rings (SSSR count). The molecule has 0 spiro atoms. The van der Waals surface area contributed by atoms with Crippen LogP contribution < -0.4 is 19.3 Å². The highest BCUT2D eigenvalue weighted by Crippen LogP contribution is 2.36. The van der Waals surface area contributed by atoms with Gasteiger partial charge >= 0.3 is 0 Å². The number of anilines is 2. The lowest BCUT2D eigenvalue weighted by atomic mass is 9.89. The number of rotatable bonds is 10. The molecule has 0 radical (unpaired) electrons. The van der Waals surface area contributed by atoms with E-state index in [-0.39, 0.29) is 5.92 Å². The Morgan fingerprint density at radius 2 is 1.86 bits per heavy atom. The molecule has 248 valence electrons. The summed E-state index contributed by atoms with van der Waals surface area (Å²) in [6, 6.07) is 23.1. The van der Waals surface area contributed by atoms with Gasteiger partial charge in [0.2, 0.25) is 0 Å². The number of hydrogen-bond acceptors (Lipinski definition) is 8. The minimum Gasteiger partial charge on any atom is -0.497 e. The molecule has 1 saturated heterocycles. The summed E-state index contributed by atoms with van der Waals surface area (Å²) in [7, 11) is 5.26. The lowest BCUT2D eigenvalue weighted by Crippen LogP contribution is -2.41. The number of nitrogens with one attached hydrogen (secondary N) is 1. The fourth-order valence-corrected chi connectivity index (χ4v) is 7.40. The number of aliphatic imine (C=N–C) groups is 1. The van der Waals surface area contributed by atoms with Gasteiger partial charge in [-0.3, -0.25) is 14.7 Å². The number of thioether (sulfide) groups is 1. The predicted molar refractivity (Wildman–Crippen MR) is 195 cm³/mol. The van der Waals surface area contributed by atoms with E-state index in [4.69, 9.17) is 29.5 Å². The van der Waals surface area contributed by atoms with Gasteiger partial charge < -0.3 is 24.3 Å². The van der Waals surface area contributed by atoms with Crippen LogP contribution in [0.25, 0.3) is 10.9 Å². The highest BCUT2D eigenvalue weighted by molar-refractivity contribution is 7.98. The summed E-state index contributed by atoms with van der Waals surface area (Å²) in [5, 5.41) is 5.96. The van der Waals surface area contributed by atoms with E-state index < -0.39 is 0 Å². The van der Waals surface area contributed by atoms with Crippen LogP contribution in [0.4, 0.5) is 11.6 Å². The molecule has 1 N–H and O–H groups in total. The number of aromatic nitrogens is 5. The van der Waals surface area contributed by atoms with E-state index in [0.717, 1.165) is 75.7 Å². The van der Waals surface area contributed by atoms with Crippen LogP contribution in [0.2, 0.25) is 0 Å². The molecule has 49 heavy (non-hydrogen) atoms. The van der Waals surface area contributed by atoms with Crippen molar-refractivity contribution in [2.45, 2.75) is 29.5 Å². The van der Waals surface area contributed by atoms with E-state index in [1.807, 2.05) is 72.5 Å². The molecule has 6 aromatic rings. The zero-order valence-electron chi connectivity index (χ0n) is 27.8. The molecular weight excluding hydrogens is 633 g/mol. The van der Waals surface area contributed by atoms with Crippen LogP contribution in [0.15, 0.2) is 101 Å². The van der Waals surface area contributed by atoms with Gasteiger partial charge in [0.05, 0.1) is 26.3 Å². The van der Waals surface area contributed by atoms with E-state index in [2.05, 4.69) is 57.2 Å². The predicted octanol–water partition coefficient (Wildman–Crippen LogP) is 6.81. The number of ether oxygens (including phenoxy) is 2. The topological polar surface area (TPSA) is 96.7 Å². The molecule has 6 heterocycles. The maximum absolute atomic E-state index is 5.67. The van der Waals surface area contributed by atoms with E-state index >= 15 is 0 Å². The number of aryl methyl sites for hydroxylation is 1. The molecule has 2 aromatic carbocycles. The zero-order chi connectivity index (χ0) is 33.3. The maximum Gasteiger partial charge on any atom is 0.156 e. The first-order chi connectivity index (χ1) is 24.1. The summed E-state index contributed by atoms with van der Waals surface area (Å²) in [6.45, 7) is 3.29. The normalized spacial score (nSPS) is 16.6. The van der Waals surface area contributed by atoms with Gasteiger partial charge in [0.1, 0.15) is 23.2 Å². The van der Waals surface area contributed by atoms with Crippen LogP contribution in [0, 0.1) is 0 Å². The first-order valence-corrected chi connectivity index (χ1v) is 17.5. The van der Waals surface area contributed by atoms with Gasteiger partial charge in [0, 0.05) is 102 Å². The van der Waals surface area contributed by atoms with Crippen molar-refractivity contribution in [3.63, 3.8) is 0 Å². The van der Waals surface area contributed by atoms with Crippen LogP contribution >= 0.6 is 11.8 Å². The van der Waals surface area contributed by atoms with Gasteiger partial charge in [-0.25, -0.2) is 4.98 Å². The SMILES string of the molecule is COc1ccc(CN=C2c3cc[nH]c3C(c3cncc(CSc4ccc5ccc(N6CCC6)nc5c4)c3)CN2c2ccn(C)n2)c(OC)c1. The maximum atomic E-state index is 5.67. The van der Waals surface area contributed by atoms with Crippen molar-refractivity contribution < 1.29 is 9.47 Å². The molecule has 1 unspecified atom stereocenters. The summed E-state index contributed by atoms with van der Waals surface area (Å²) >= 11 is 1.81. The lowest BCUT2D eigenvalue weighted by molar-refractivity contribution is 0.391. The number of methoxy groups -OCH3 is 2. The van der Waals surface area contributed by atoms with Gasteiger partial charge in [-0.15, -0.1) is 11.8 Å². The number of aromatic amines is 1. The molecule has 0 amide bonds. The Labute approximate surface area is 289 Å². The fraction of sp³-hybridized carbons (Fsp3) is 0.263. The number of nitrogens with zero attached hydrogens (tertiary/aromatic N) is 7. The number of pyridine rings is 2. The van der Waals surface area contributed by atoms with Crippen molar-refractivity contribution in [1.82, 2.24) is 24.7 Å². The van der Waals surface area contributed by atoms with Crippen molar-refractivity contribution in [2.75, 3.05) is 43.7 Å². The fourth-order valence-electron chi connectivity index (χ4n) is 6.55. The highest BCUT2D eigenvalue weighted by atomic mass is 32.2. The molecule has 4 aromatic heterocycles. The summed E-state index contributed by atoms with van der Waals surface area (Å²) < 4.78 is 12.9. The summed E-state index contributed by atoms with van der Waals surface area (Å²) in [4.78, 5) is 24.1. The third-order valence-corrected chi connectivity index (χ3v) is 10.4. The standard InChI is InChI=1S/C38H38N8O2S/c1-44-16-12-36(43-44)46-23-32(37-31(11-13-40-37)38(46)41-22-27-5-8-29(47-2)18-34(27)48-3)28-17-25(20-39-21-28)24-49-30-9-6-26-7-10-35(42-33(26)19-30)45-14-4-15-45/h5-13,16-21,32,40H,4,14-15,22-24H2,1-3H3. The highest BCUT2D eigenvalue weighted by Gasteiger charge is 2.34. The smallest absolute Gasteiger partial charge is 0.156 e. The molecular formula is C38H38N8O2S. The van der Waals surface area contributed by atoms with E-state index in [1.54, 1.807) is 14.2 Å². The first-order valence-electron chi connectivity index (χ1n) is 16.5. The van der Waals surface area contributed by atoms with Crippen molar-refractivity contribution in [1.29, 1.82) is 0 Å². The Hall–Kier alpha value is -5.29. The van der Waals surface area contributed by atoms with Crippen molar-refractivity contribution in [2.24, 2.45) is 12.0 Å². The quantitative estimate of drug-likeness (QED) is 0.159. The molecule has 0 bridgehead atoms. The van der Waals surface area contributed by atoms with Crippen LogP contribution in [0.1, 0.15) is 40.3 Å². The third kappa shape index (κ3) is 6.22. The van der Waals surface area contributed by atoms with E-state index in [9.17, 15) is 0 Å². The molecule has 2 aliphatic rings. The van der Waals surface area contributed by atoms with Crippen LogP contribution in [-0.4, -0.2) is 64.4 Å². The summed E-state index contributed by atoms with van der Waals surface area (Å²) in [5.41, 5.74) is 6.52.